The molecule has 13 heavy (non-hydrogen) atoms. The van der Waals surface area contributed by atoms with Crippen molar-refractivity contribution in [3.8, 4) is 5.75 Å². The molecule has 1 aromatic heterocycles. The minimum absolute atomic E-state index is 0.223. The lowest BCUT2D eigenvalue weighted by molar-refractivity contribution is 0.245. The van der Waals surface area contributed by atoms with E-state index in [0.717, 1.165) is 16.7 Å². The molecule has 0 aliphatic heterocycles. The molecule has 0 spiro atoms. The van der Waals surface area contributed by atoms with E-state index < -0.39 is 0 Å². The van der Waals surface area contributed by atoms with Crippen LogP contribution in [-0.4, -0.2) is 11.1 Å². The predicted octanol–water partition coefficient (Wildman–Crippen LogP) is 2.96. The molecule has 0 radical (unpaired) electrons. The third-order valence-corrected chi connectivity index (χ3v) is 1.92. The van der Waals surface area contributed by atoms with Crippen molar-refractivity contribution in [2.45, 2.75) is 20.0 Å². The standard InChI is InChI=1S/C11H13NO/c1-8(2)13-11-5-3-4-10-9(11)6-7-12-10/h3-8,12H,1-2H3. The Kier molecular flexibility index (Phi) is 1.97. The number of nitrogens with one attached hydrogen (secondary N) is 1. The first kappa shape index (κ1) is 8.17. The average Bonchev–Trinajstić information content (AvgIpc) is 2.51. The van der Waals surface area contributed by atoms with Crippen molar-refractivity contribution in [1.82, 2.24) is 4.98 Å². The summed E-state index contributed by atoms with van der Waals surface area (Å²) < 4.78 is 5.67. The lowest BCUT2D eigenvalue weighted by Crippen LogP contribution is -2.05. The Morgan fingerprint density at radius 3 is 2.85 bits per heavy atom. The molecule has 0 aliphatic carbocycles. The molecule has 0 unspecified atom stereocenters. The van der Waals surface area contributed by atoms with Crippen LogP contribution in [0.2, 0.25) is 0 Å². The molecule has 0 bridgehead atoms. The third kappa shape index (κ3) is 1.52. The summed E-state index contributed by atoms with van der Waals surface area (Å²) >= 11 is 0. The summed E-state index contributed by atoms with van der Waals surface area (Å²) in [5, 5.41) is 1.15. The maximum Gasteiger partial charge on any atom is 0.129 e. The van der Waals surface area contributed by atoms with Crippen molar-refractivity contribution in [3.63, 3.8) is 0 Å². The highest BCUT2D eigenvalue weighted by Crippen LogP contribution is 2.25. The topological polar surface area (TPSA) is 25.0 Å². The monoisotopic (exact) mass is 175 g/mol. The molecule has 68 valence electrons. The zero-order chi connectivity index (χ0) is 9.26. The van der Waals surface area contributed by atoms with Crippen molar-refractivity contribution < 1.29 is 4.74 Å². The Hall–Kier alpha value is -1.44. The van der Waals surface area contributed by atoms with Gasteiger partial charge in [-0.15, -0.1) is 0 Å². The molecule has 2 rings (SSSR count). The highest BCUT2D eigenvalue weighted by molar-refractivity contribution is 5.85. The Bertz CT molecular complexity index is 403. The van der Waals surface area contributed by atoms with Gasteiger partial charge in [0.05, 0.1) is 6.10 Å². The number of hydrogen-bond acceptors (Lipinski definition) is 1. The van der Waals surface area contributed by atoms with Crippen LogP contribution in [0.25, 0.3) is 10.9 Å². The smallest absolute Gasteiger partial charge is 0.129 e. The Balaban J connectivity index is 2.48. The molecule has 0 fully saturated rings. The van der Waals surface area contributed by atoms with Gasteiger partial charge in [-0.25, -0.2) is 0 Å². The van der Waals surface area contributed by atoms with Crippen LogP contribution < -0.4 is 4.74 Å². The summed E-state index contributed by atoms with van der Waals surface area (Å²) in [5.74, 6) is 0.953. The van der Waals surface area contributed by atoms with Crippen LogP contribution in [0.4, 0.5) is 0 Å². The maximum atomic E-state index is 5.67. The van der Waals surface area contributed by atoms with Gasteiger partial charge in [-0.2, -0.15) is 0 Å². The van der Waals surface area contributed by atoms with Gasteiger partial charge < -0.3 is 9.72 Å². The van der Waals surface area contributed by atoms with Gasteiger partial charge in [0.25, 0.3) is 0 Å². The molecule has 0 aliphatic rings. The second-order valence-corrected chi connectivity index (χ2v) is 3.36. The molecule has 1 heterocycles. The fourth-order valence-corrected chi connectivity index (χ4v) is 1.41. The predicted molar refractivity (Wildman–Crippen MR) is 54.1 cm³/mol. The van der Waals surface area contributed by atoms with Gasteiger partial charge in [0, 0.05) is 17.1 Å². The van der Waals surface area contributed by atoms with Gasteiger partial charge in [0.2, 0.25) is 0 Å². The van der Waals surface area contributed by atoms with E-state index >= 15 is 0 Å². The van der Waals surface area contributed by atoms with E-state index in [1.54, 1.807) is 0 Å². The first-order valence-electron chi connectivity index (χ1n) is 4.50. The highest BCUT2D eigenvalue weighted by Gasteiger charge is 2.03. The van der Waals surface area contributed by atoms with Gasteiger partial charge in [0.15, 0.2) is 0 Å². The fraction of sp³-hybridized carbons (Fsp3) is 0.273. The molecule has 2 aromatic rings. The maximum absolute atomic E-state index is 5.67. The van der Waals surface area contributed by atoms with Crippen LogP contribution in [0.1, 0.15) is 13.8 Å². The molecule has 0 saturated carbocycles. The van der Waals surface area contributed by atoms with E-state index in [9.17, 15) is 0 Å². The molecule has 0 atom stereocenters. The minimum atomic E-state index is 0.223. The van der Waals surface area contributed by atoms with Crippen LogP contribution in [0, 0.1) is 0 Å². The first-order valence-corrected chi connectivity index (χ1v) is 4.50. The largest absolute Gasteiger partial charge is 0.490 e. The Morgan fingerprint density at radius 1 is 1.23 bits per heavy atom. The van der Waals surface area contributed by atoms with Crippen LogP contribution in [0.3, 0.4) is 0 Å². The van der Waals surface area contributed by atoms with Gasteiger partial charge >= 0.3 is 0 Å². The molecular weight excluding hydrogens is 162 g/mol. The van der Waals surface area contributed by atoms with Gasteiger partial charge in [0.1, 0.15) is 5.75 Å². The number of aromatic nitrogens is 1. The third-order valence-electron chi connectivity index (χ3n) is 1.92. The highest BCUT2D eigenvalue weighted by atomic mass is 16.5. The SMILES string of the molecule is CC(C)Oc1cccc2[nH]ccc12. The summed E-state index contributed by atoms with van der Waals surface area (Å²) in [6, 6.07) is 8.07. The normalized spacial score (nSPS) is 11.0. The molecular formula is C11H13NO. The van der Waals surface area contributed by atoms with E-state index in [1.165, 1.54) is 0 Å². The number of ether oxygens (including phenoxy) is 1. The van der Waals surface area contributed by atoms with E-state index in [0.29, 0.717) is 0 Å². The number of hydrogen-bond donors (Lipinski definition) is 1. The molecule has 0 saturated heterocycles. The number of fused-ring (bicyclic) bond motifs is 1. The molecule has 1 aromatic carbocycles. The molecule has 2 heteroatoms. The van der Waals surface area contributed by atoms with E-state index in [4.69, 9.17) is 4.74 Å². The van der Waals surface area contributed by atoms with Crippen molar-refractivity contribution in [1.29, 1.82) is 0 Å². The summed E-state index contributed by atoms with van der Waals surface area (Å²) in [7, 11) is 0. The van der Waals surface area contributed by atoms with Crippen molar-refractivity contribution in [2.75, 3.05) is 0 Å². The van der Waals surface area contributed by atoms with Crippen LogP contribution in [0.5, 0.6) is 5.75 Å². The van der Waals surface area contributed by atoms with Gasteiger partial charge in [-0.3, -0.25) is 0 Å². The Labute approximate surface area is 77.5 Å². The van der Waals surface area contributed by atoms with Crippen LogP contribution >= 0.6 is 0 Å². The Morgan fingerprint density at radius 2 is 2.08 bits per heavy atom. The molecule has 1 N–H and O–H groups in total. The molecule has 2 nitrogen and oxygen atoms in total. The second-order valence-electron chi connectivity index (χ2n) is 3.36. The fourth-order valence-electron chi connectivity index (χ4n) is 1.41. The average molecular weight is 175 g/mol. The summed E-state index contributed by atoms with van der Waals surface area (Å²) in [4.78, 5) is 3.15. The molecule has 0 amide bonds. The number of H-pyrrole nitrogens is 1. The zero-order valence-corrected chi connectivity index (χ0v) is 7.87. The van der Waals surface area contributed by atoms with E-state index in [2.05, 4.69) is 4.98 Å². The summed E-state index contributed by atoms with van der Waals surface area (Å²) in [6.07, 6.45) is 2.15. The van der Waals surface area contributed by atoms with E-state index in [1.807, 2.05) is 44.3 Å². The number of aromatic amines is 1. The van der Waals surface area contributed by atoms with Gasteiger partial charge in [-0.05, 0) is 32.0 Å². The summed E-state index contributed by atoms with van der Waals surface area (Å²) in [5.41, 5.74) is 1.12. The lowest BCUT2D eigenvalue weighted by atomic mass is 10.2. The number of rotatable bonds is 2. The number of benzene rings is 1. The van der Waals surface area contributed by atoms with Crippen molar-refractivity contribution in [2.24, 2.45) is 0 Å². The summed E-state index contributed by atoms with van der Waals surface area (Å²) in [6.45, 7) is 4.07. The quantitative estimate of drug-likeness (QED) is 0.745. The minimum Gasteiger partial charge on any atom is -0.490 e. The van der Waals surface area contributed by atoms with Crippen LogP contribution in [-0.2, 0) is 0 Å². The van der Waals surface area contributed by atoms with Crippen molar-refractivity contribution in [3.05, 3.63) is 30.5 Å². The van der Waals surface area contributed by atoms with Gasteiger partial charge in [-0.1, -0.05) is 6.07 Å². The second kappa shape index (κ2) is 3.13. The van der Waals surface area contributed by atoms with Crippen LogP contribution in [0.15, 0.2) is 30.5 Å². The van der Waals surface area contributed by atoms with Crippen molar-refractivity contribution >= 4 is 10.9 Å². The lowest BCUT2D eigenvalue weighted by Gasteiger charge is -2.10. The first-order chi connectivity index (χ1) is 6.27. The van der Waals surface area contributed by atoms with E-state index in [-0.39, 0.29) is 6.10 Å². The zero-order valence-electron chi connectivity index (χ0n) is 7.87.